The molecule has 0 fully saturated rings. The number of benzene rings is 1. The van der Waals surface area contributed by atoms with Crippen molar-refractivity contribution in [1.82, 2.24) is 0 Å². The first kappa shape index (κ1) is 13.6. The van der Waals surface area contributed by atoms with Gasteiger partial charge in [0.05, 0.1) is 6.04 Å². The molecule has 96 valence electrons. The molecule has 0 saturated carbocycles. The van der Waals surface area contributed by atoms with Crippen molar-refractivity contribution in [3.8, 4) is 0 Å². The molecule has 1 atom stereocenters. The topological polar surface area (TPSA) is 51.2 Å². The first-order valence-electron chi connectivity index (χ1n) is 5.58. The van der Waals surface area contributed by atoms with E-state index in [4.69, 9.17) is 10.2 Å². The van der Waals surface area contributed by atoms with Crippen LogP contribution in [0.1, 0.15) is 17.4 Å². The monoisotopic (exact) mass is 372 g/mol. The molecule has 0 bridgehead atoms. The molecule has 0 saturated heterocycles. The van der Waals surface area contributed by atoms with Gasteiger partial charge in [-0.1, -0.05) is 6.07 Å². The quantitative estimate of drug-likeness (QED) is 0.843. The van der Waals surface area contributed by atoms with Crippen molar-refractivity contribution in [2.45, 2.75) is 13.0 Å². The third-order valence-electron chi connectivity index (χ3n) is 2.62. The van der Waals surface area contributed by atoms with Crippen LogP contribution >= 0.6 is 31.9 Å². The van der Waals surface area contributed by atoms with Crippen molar-refractivity contribution in [3.63, 3.8) is 0 Å². The minimum atomic E-state index is -0.0469. The summed E-state index contributed by atoms with van der Waals surface area (Å²) < 4.78 is 7.26. The maximum absolute atomic E-state index is 5.80. The Labute approximate surface area is 123 Å². The van der Waals surface area contributed by atoms with Crippen molar-refractivity contribution in [3.05, 3.63) is 50.8 Å². The molecule has 0 radical (unpaired) electrons. The van der Waals surface area contributed by atoms with Crippen molar-refractivity contribution in [1.29, 1.82) is 0 Å². The molecule has 1 heterocycles. The average Bonchev–Trinajstić information content (AvgIpc) is 2.77. The summed E-state index contributed by atoms with van der Waals surface area (Å²) in [5, 5.41) is 3.38. The van der Waals surface area contributed by atoms with Crippen LogP contribution in [0, 0.1) is 6.92 Å². The molecule has 5 heteroatoms. The normalized spacial score (nSPS) is 12.4. The lowest BCUT2D eigenvalue weighted by Gasteiger charge is -2.17. The Hall–Kier alpha value is -0.780. The van der Waals surface area contributed by atoms with Crippen molar-refractivity contribution in [2.75, 3.05) is 11.9 Å². The summed E-state index contributed by atoms with van der Waals surface area (Å²) >= 11 is 6.82. The van der Waals surface area contributed by atoms with Gasteiger partial charge in [-0.2, -0.15) is 0 Å². The van der Waals surface area contributed by atoms with Gasteiger partial charge in [0.1, 0.15) is 5.76 Å². The zero-order valence-electron chi connectivity index (χ0n) is 9.91. The van der Waals surface area contributed by atoms with Crippen LogP contribution in [0.15, 0.2) is 43.9 Å². The standard InChI is InChI=1S/C13H14Br2N2O/c1-8-2-3-9(14)10(6-8)17-11(7-16)12-4-5-13(15)18-12/h2-6,11,17H,7,16H2,1H3. The van der Waals surface area contributed by atoms with E-state index in [1.54, 1.807) is 0 Å². The van der Waals surface area contributed by atoms with Gasteiger partial charge in [0, 0.05) is 16.7 Å². The van der Waals surface area contributed by atoms with Gasteiger partial charge < -0.3 is 15.5 Å². The van der Waals surface area contributed by atoms with Crippen molar-refractivity contribution < 1.29 is 4.42 Å². The lowest BCUT2D eigenvalue weighted by Crippen LogP contribution is -2.20. The van der Waals surface area contributed by atoms with Crippen molar-refractivity contribution in [2.24, 2.45) is 5.73 Å². The number of halogens is 2. The Morgan fingerprint density at radius 1 is 1.28 bits per heavy atom. The predicted octanol–water partition coefficient (Wildman–Crippen LogP) is 4.22. The third-order valence-corrected chi connectivity index (χ3v) is 3.74. The maximum Gasteiger partial charge on any atom is 0.169 e. The van der Waals surface area contributed by atoms with E-state index < -0.39 is 0 Å². The van der Waals surface area contributed by atoms with Gasteiger partial charge in [-0.15, -0.1) is 0 Å². The van der Waals surface area contributed by atoms with Crippen LogP contribution in [-0.2, 0) is 0 Å². The number of aryl methyl sites for hydroxylation is 1. The largest absolute Gasteiger partial charge is 0.452 e. The molecular formula is C13H14Br2N2O. The minimum absolute atomic E-state index is 0.0469. The zero-order valence-corrected chi connectivity index (χ0v) is 13.1. The highest BCUT2D eigenvalue weighted by Crippen LogP contribution is 2.28. The Morgan fingerprint density at radius 3 is 2.67 bits per heavy atom. The number of furan rings is 1. The summed E-state index contributed by atoms with van der Waals surface area (Å²) in [5.74, 6) is 0.817. The van der Waals surface area contributed by atoms with E-state index in [0.717, 1.165) is 15.9 Å². The lowest BCUT2D eigenvalue weighted by molar-refractivity contribution is 0.463. The van der Waals surface area contributed by atoms with E-state index >= 15 is 0 Å². The summed E-state index contributed by atoms with van der Waals surface area (Å²) in [6, 6.07) is 9.88. The molecule has 2 rings (SSSR count). The molecule has 0 amide bonds. The predicted molar refractivity (Wildman–Crippen MR) is 80.7 cm³/mol. The smallest absolute Gasteiger partial charge is 0.169 e. The van der Waals surface area contributed by atoms with Crippen LogP contribution in [0.2, 0.25) is 0 Å². The Balaban J connectivity index is 2.22. The Morgan fingerprint density at radius 2 is 2.06 bits per heavy atom. The molecule has 1 unspecified atom stereocenters. The molecule has 1 aromatic carbocycles. The number of hydrogen-bond acceptors (Lipinski definition) is 3. The Bertz CT molecular complexity index is 540. The van der Waals surface area contributed by atoms with Crippen LogP contribution in [0.4, 0.5) is 5.69 Å². The summed E-state index contributed by atoms with van der Waals surface area (Å²) in [4.78, 5) is 0. The average molecular weight is 374 g/mol. The first-order chi connectivity index (χ1) is 8.60. The molecule has 1 aromatic heterocycles. The third kappa shape index (κ3) is 3.16. The summed E-state index contributed by atoms with van der Waals surface area (Å²) in [6.07, 6.45) is 0. The van der Waals surface area contributed by atoms with E-state index in [1.807, 2.05) is 18.2 Å². The van der Waals surface area contributed by atoms with E-state index in [2.05, 4.69) is 56.2 Å². The zero-order chi connectivity index (χ0) is 13.1. The molecule has 3 N–H and O–H groups in total. The highest BCUT2D eigenvalue weighted by Gasteiger charge is 2.14. The highest BCUT2D eigenvalue weighted by atomic mass is 79.9. The van der Waals surface area contributed by atoms with Gasteiger partial charge in [-0.25, -0.2) is 0 Å². The first-order valence-corrected chi connectivity index (χ1v) is 7.16. The fraction of sp³-hybridized carbons (Fsp3) is 0.231. The van der Waals surface area contributed by atoms with Gasteiger partial charge in [0.25, 0.3) is 0 Å². The molecule has 3 nitrogen and oxygen atoms in total. The second kappa shape index (κ2) is 5.91. The maximum atomic E-state index is 5.80. The number of rotatable bonds is 4. The molecule has 2 aromatic rings. The van der Waals surface area contributed by atoms with E-state index in [1.165, 1.54) is 5.56 Å². The second-order valence-electron chi connectivity index (χ2n) is 4.06. The van der Waals surface area contributed by atoms with Crippen LogP contribution in [0.5, 0.6) is 0 Å². The Kier molecular flexibility index (Phi) is 4.48. The molecule has 18 heavy (non-hydrogen) atoms. The number of nitrogens with one attached hydrogen (secondary N) is 1. The van der Waals surface area contributed by atoms with Crippen molar-refractivity contribution >= 4 is 37.5 Å². The fourth-order valence-corrected chi connectivity index (χ4v) is 2.38. The molecule has 0 aliphatic heterocycles. The van der Waals surface area contributed by atoms with Gasteiger partial charge in [0.15, 0.2) is 4.67 Å². The number of hydrogen-bond donors (Lipinski definition) is 2. The fourth-order valence-electron chi connectivity index (χ4n) is 1.70. The minimum Gasteiger partial charge on any atom is -0.452 e. The molecule has 0 aliphatic carbocycles. The number of anilines is 1. The summed E-state index contributed by atoms with van der Waals surface area (Å²) in [6.45, 7) is 2.51. The lowest BCUT2D eigenvalue weighted by atomic mass is 10.2. The molecular weight excluding hydrogens is 360 g/mol. The summed E-state index contributed by atoms with van der Waals surface area (Å²) in [5.41, 5.74) is 8.00. The van der Waals surface area contributed by atoms with Crippen LogP contribution in [0.25, 0.3) is 0 Å². The highest BCUT2D eigenvalue weighted by molar-refractivity contribution is 9.10. The second-order valence-corrected chi connectivity index (χ2v) is 5.69. The SMILES string of the molecule is Cc1ccc(Br)c(NC(CN)c2ccc(Br)o2)c1. The van der Waals surface area contributed by atoms with Crippen LogP contribution < -0.4 is 11.1 Å². The number of nitrogens with two attached hydrogens (primary N) is 1. The van der Waals surface area contributed by atoms with E-state index in [9.17, 15) is 0 Å². The summed E-state index contributed by atoms with van der Waals surface area (Å²) in [7, 11) is 0. The van der Waals surface area contributed by atoms with Gasteiger partial charge in [-0.3, -0.25) is 0 Å². The van der Waals surface area contributed by atoms with Gasteiger partial charge in [-0.05, 0) is 68.6 Å². The van der Waals surface area contributed by atoms with Gasteiger partial charge in [0.2, 0.25) is 0 Å². The van der Waals surface area contributed by atoms with Gasteiger partial charge >= 0.3 is 0 Å². The van der Waals surface area contributed by atoms with Crippen LogP contribution in [-0.4, -0.2) is 6.54 Å². The van der Waals surface area contributed by atoms with Crippen LogP contribution in [0.3, 0.4) is 0 Å². The van der Waals surface area contributed by atoms with E-state index in [0.29, 0.717) is 11.2 Å². The van der Waals surface area contributed by atoms with E-state index in [-0.39, 0.29) is 6.04 Å². The molecule has 0 spiro atoms. The molecule has 0 aliphatic rings.